The first-order chi connectivity index (χ1) is 9.85. The minimum absolute atomic E-state index is 0.513. The highest BCUT2D eigenvalue weighted by atomic mass is 16.5. The van der Waals surface area contributed by atoms with Crippen molar-refractivity contribution >= 4 is 5.82 Å². The predicted molar refractivity (Wildman–Crippen MR) is 81.3 cm³/mol. The predicted octanol–water partition coefficient (Wildman–Crippen LogP) is 2.23. The molecule has 0 bridgehead atoms. The van der Waals surface area contributed by atoms with Gasteiger partial charge in [-0.25, -0.2) is 0 Å². The molecule has 2 rings (SSSR count). The molecule has 0 aromatic carbocycles. The molecule has 1 atom stereocenters. The lowest BCUT2D eigenvalue weighted by Crippen LogP contribution is -2.46. The van der Waals surface area contributed by atoms with E-state index in [1.807, 2.05) is 6.20 Å². The summed E-state index contributed by atoms with van der Waals surface area (Å²) >= 11 is 0. The van der Waals surface area contributed by atoms with Crippen molar-refractivity contribution in [3.05, 3.63) is 12.4 Å². The first-order valence-corrected chi connectivity index (χ1v) is 7.77. The van der Waals surface area contributed by atoms with E-state index in [2.05, 4.69) is 34.0 Å². The fourth-order valence-corrected chi connectivity index (χ4v) is 2.58. The number of hydrogen-bond donors (Lipinski definition) is 1. The van der Waals surface area contributed by atoms with Gasteiger partial charge in [-0.1, -0.05) is 13.8 Å². The van der Waals surface area contributed by atoms with Crippen molar-refractivity contribution in [2.75, 3.05) is 31.1 Å². The molecule has 0 radical (unpaired) electrons. The second-order valence-electron chi connectivity index (χ2n) is 5.26. The summed E-state index contributed by atoms with van der Waals surface area (Å²) in [5.41, 5.74) is 0. The number of nitrogens with zero attached hydrogens (tertiary/aromatic N) is 3. The van der Waals surface area contributed by atoms with Crippen molar-refractivity contribution in [2.24, 2.45) is 0 Å². The Hall–Kier alpha value is -1.36. The number of piperidine rings is 1. The number of rotatable bonds is 7. The first kappa shape index (κ1) is 15.0. The van der Waals surface area contributed by atoms with E-state index in [1.54, 1.807) is 6.20 Å². The highest BCUT2D eigenvalue weighted by Crippen LogP contribution is 2.20. The van der Waals surface area contributed by atoms with Gasteiger partial charge in [0.1, 0.15) is 0 Å². The van der Waals surface area contributed by atoms with E-state index >= 15 is 0 Å². The van der Waals surface area contributed by atoms with Crippen LogP contribution in [0.3, 0.4) is 0 Å². The van der Waals surface area contributed by atoms with E-state index in [9.17, 15) is 0 Å². The fourth-order valence-electron chi connectivity index (χ4n) is 2.58. The van der Waals surface area contributed by atoms with Crippen LogP contribution in [0.25, 0.3) is 0 Å². The zero-order chi connectivity index (χ0) is 14.2. The summed E-state index contributed by atoms with van der Waals surface area (Å²) in [5.74, 6) is 1.57. The largest absolute Gasteiger partial charge is 0.477 e. The third kappa shape index (κ3) is 4.07. The molecular formula is C15H26N4O. The maximum absolute atomic E-state index is 5.60. The Morgan fingerprint density at radius 3 is 2.95 bits per heavy atom. The fraction of sp³-hybridized carbons (Fsp3) is 0.733. The molecule has 2 heterocycles. The van der Waals surface area contributed by atoms with Crippen molar-refractivity contribution in [1.29, 1.82) is 0 Å². The molecule has 1 aliphatic heterocycles. The second kappa shape index (κ2) is 8.04. The molecule has 1 aromatic rings. The van der Waals surface area contributed by atoms with Crippen molar-refractivity contribution in [3.8, 4) is 5.88 Å². The Morgan fingerprint density at radius 2 is 2.25 bits per heavy atom. The lowest BCUT2D eigenvalue weighted by molar-refractivity contribution is 0.303. The SMILES string of the molecule is CCCOc1cncc(N(CCC)C2CCCNC2)n1. The van der Waals surface area contributed by atoms with Crippen molar-refractivity contribution in [3.63, 3.8) is 0 Å². The van der Waals surface area contributed by atoms with Crippen LogP contribution in [-0.2, 0) is 0 Å². The summed E-state index contributed by atoms with van der Waals surface area (Å²) in [7, 11) is 0. The van der Waals surface area contributed by atoms with E-state index in [4.69, 9.17) is 4.74 Å². The third-order valence-electron chi connectivity index (χ3n) is 3.52. The number of nitrogens with one attached hydrogen (secondary N) is 1. The van der Waals surface area contributed by atoms with Crippen molar-refractivity contribution in [2.45, 2.75) is 45.6 Å². The third-order valence-corrected chi connectivity index (χ3v) is 3.52. The van der Waals surface area contributed by atoms with Gasteiger partial charge in [-0.2, -0.15) is 4.98 Å². The first-order valence-electron chi connectivity index (χ1n) is 7.77. The summed E-state index contributed by atoms with van der Waals surface area (Å²) in [4.78, 5) is 11.3. The molecule has 0 saturated carbocycles. The van der Waals surface area contributed by atoms with E-state index in [0.717, 1.165) is 38.3 Å². The summed E-state index contributed by atoms with van der Waals surface area (Å²) in [6.45, 7) is 8.15. The number of hydrogen-bond acceptors (Lipinski definition) is 5. The molecule has 20 heavy (non-hydrogen) atoms. The van der Waals surface area contributed by atoms with Gasteiger partial charge in [-0.05, 0) is 32.2 Å². The van der Waals surface area contributed by atoms with Crippen molar-refractivity contribution in [1.82, 2.24) is 15.3 Å². The number of ether oxygens (including phenoxy) is 1. The molecule has 1 aliphatic rings. The van der Waals surface area contributed by atoms with Gasteiger partial charge in [0.15, 0.2) is 5.82 Å². The summed E-state index contributed by atoms with van der Waals surface area (Å²) < 4.78 is 5.60. The molecule has 0 spiro atoms. The zero-order valence-electron chi connectivity index (χ0n) is 12.6. The average molecular weight is 278 g/mol. The Labute approximate surface area is 121 Å². The minimum atomic E-state index is 0.513. The van der Waals surface area contributed by atoms with Crippen LogP contribution in [0.2, 0.25) is 0 Å². The van der Waals surface area contributed by atoms with Crippen molar-refractivity contribution < 1.29 is 4.74 Å². The lowest BCUT2D eigenvalue weighted by atomic mass is 10.1. The molecule has 1 aromatic heterocycles. The normalized spacial score (nSPS) is 18.8. The molecule has 1 saturated heterocycles. The van der Waals surface area contributed by atoms with Crippen LogP contribution in [0.4, 0.5) is 5.82 Å². The van der Waals surface area contributed by atoms with Gasteiger partial charge in [0.05, 0.1) is 19.0 Å². The highest BCUT2D eigenvalue weighted by molar-refractivity contribution is 5.39. The summed E-state index contributed by atoms with van der Waals surface area (Å²) in [5, 5.41) is 3.47. The smallest absolute Gasteiger partial charge is 0.234 e. The standard InChI is InChI=1S/C15H26N4O/c1-3-8-19(13-6-5-7-16-10-13)14-11-17-12-15(18-14)20-9-4-2/h11-13,16H,3-10H2,1-2H3. The Kier molecular flexibility index (Phi) is 6.05. The van der Waals surface area contributed by atoms with Gasteiger partial charge >= 0.3 is 0 Å². The molecule has 1 N–H and O–H groups in total. The van der Waals surface area contributed by atoms with Crippen LogP contribution in [0, 0.1) is 0 Å². The van der Waals surface area contributed by atoms with Crippen LogP contribution in [0.1, 0.15) is 39.5 Å². The lowest BCUT2D eigenvalue weighted by Gasteiger charge is -2.35. The monoisotopic (exact) mass is 278 g/mol. The Balaban J connectivity index is 2.10. The second-order valence-corrected chi connectivity index (χ2v) is 5.26. The molecular weight excluding hydrogens is 252 g/mol. The maximum atomic E-state index is 5.60. The van der Waals surface area contributed by atoms with Gasteiger partial charge in [-0.15, -0.1) is 0 Å². The van der Waals surface area contributed by atoms with Crippen LogP contribution >= 0.6 is 0 Å². The molecule has 1 unspecified atom stereocenters. The molecule has 0 aliphatic carbocycles. The van der Waals surface area contributed by atoms with Crippen LogP contribution < -0.4 is 15.0 Å². The number of anilines is 1. The average Bonchev–Trinajstić information content (AvgIpc) is 2.52. The van der Waals surface area contributed by atoms with E-state index in [-0.39, 0.29) is 0 Å². The molecule has 5 nitrogen and oxygen atoms in total. The van der Waals surface area contributed by atoms with E-state index in [0.29, 0.717) is 18.5 Å². The highest BCUT2D eigenvalue weighted by Gasteiger charge is 2.22. The Bertz CT molecular complexity index is 393. The minimum Gasteiger partial charge on any atom is -0.477 e. The van der Waals surface area contributed by atoms with Gasteiger partial charge in [0.2, 0.25) is 5.88 Å². The summed E-state index contributed by atoms with van der Waals surface area (Å²) in [6.07, 6.45) is 8.08. The quantitative estimate of drug-likeness (QED) is 0.829. The molecule has 0 amide bonds. The van der Waals surface area contributed by atoms with Gasteiger partial charge < -0.3 is 15.0 Å². The Morgan fingerprint density at radius 1 is 1.35 bits per heavy atom. The van der Waals surface area contributed by atoms with Crippen LogP contribution in [0.5, 0.6) is 5.88 Å². The van der Waals surface area contributed by atoms with E-state index < -0.39 is 0 Å². The van der Waals surface area contributed by atoms with E-state index in [1.165, 1.54) is 12.8 Å². The van der Waals surface area contributed by atoms with Gasteiger partial charge in [0, 0.05) is 19.1 Å². The molecule has 5 heteroatoms. The van der Waals surface area contributed by atoms with Crippen LogP contribution in [-0.4, -0.2) is 42.3 Å². The number of aromatic nitrogens is 2. The molecule has 112 valence electrons. The topological polar surface area (TPSA) is 50.3 Å². The molecule has 1 fully saturated rings. The summed E-state index contributed by atoms with van der Waals surface area (Å²) in [6, 6.07) is 0.513. The maximum Gasteiger partial charge on any atom is 0.234 e. The van der Waals surface area contributed by atoms with Gasteiger partial charge in [0.25, 0.3) is 0 Å². The van der Waals surface area contributed by atoms with Crippen LogP contribution in [0.15, 0.2) is 12.4 Å². The zero-order valence-corrected chi connectivity index (χ0v) is 12.6. The van der Waals surface area contributed by atoms with Gasteiger partial charge in [-0.3, -0.25) is 4.98 Å².